The number of imidazole rings is 1. The first-order chi connectivity index (χ1) is 9.74. The molecule has 0 aliphatic carbocycles. The topological polar surface area (TPSA) is 44.9 Å². The molecule has 110 valence electrons. The van der Waals surface area contributed by atoms with Gasteiger partial charge in [0.15, 0.2) is 5.65 Å². The minimum absolute atomic E-state index is 0.294. The van der Waals surface area contributed by atoms with E-state index in [1.54, 1.807) is 0 Å². The van der Waals surface area contributed by atoms with Crippen molar-refractivity contribution >= 4 is 22.8 Å². The molecular weight excluding hydrogens is 276 g/mol. The van der Waals surface area contributed by atoms with Gasteiger partial charge < -0.3 is 9.30 Å². The zero-order chi connectivity index (χ0) is 14.1. The summed E-state index contributed by atoms with van der Waals surface area (Å²) in [5.41, 5.74) is 3.11. The number of alkyl halides is 1. The fraction of sp³-hybridized carbons (Fsp3) is 0.714. The smallest absolute Gasteiger partial charge is 0.159 e. The Labute approximate surface area is 123 Å². The largest absolute Gasteiger partial charge is 0.376 e. The minimum atomic E-state index is 0.294. The Kier molecular flexibility index (Phi) is 3.98. The summed E-state index contributed by atoms with van der Waals surface area (Å²) in [5.74, 6) is 1.64. The van der Waals surface area contributed by atoms with Crippen LogP contribution in [0.3, 0.4) is 0 Å². The molecule has 1 atom stereocenters. The molecule has 3 heterocycles. The second-order valence-corrected chi connectivity index (χ2v) is 5.66. The number of aryl methyl sites for hydroxylation is 3. The molecule has 2 aromatic rings. The molecule has 0 bridgehead atoms. The lowest BCUT2D eigenvalue weighted by molar-refractivity contribution is 0.0969. The first-order valence-corrected chi connectivity index (χ1v) is 7.88. The Hall–Kier alpha value is -1.07. The summed E-state index contributed by atoms with van der Waals surface area (Å²) in [7, 11) is 0. The molecule has 0 N–H and O–H groups in total. The molecule has 0 radical (unpaired) electrons. The molecule has 0 amide bonds. The monoisotopic (exact) mass is 296 g/mol. The number of halogens is 1. The lowest BCUT2D eigenvalue weighted by Crippen LogP contribution is -2.19. The number of ether oxygens (including phenoxy) is 1. The van der Waals surface area contributed by atoms with Crippen molar-refractivity contribution in [3.05, 3.63) is 11.5 Å². The van der Waals surface area contributed by atoms with Crippen molar-refractivity contribution in [2.75, 3.05) is 12.5 Å². The average molecular weight is 297 g/mol. The van der Waals surface area contributed by atoms with Crippen LogP contribution in [0.1, 0.15) is 31.3 Å². The fourth-order valence-electron chi connectivity index (χ4n) is 2.95. The Morgan fingerprint density at radius 3 is 2.95 bits per heavy atom. The lowest BCUT2D eigenvalue weighted by Gasteiger charge is -2.14. The molecule has 20 heavy (non-hydrogen) atoms. The normalized spacial score (nSPS) is 19.2. The van der Waals surface area contributed by atoms with Crippen molar-refractivity contribution in [3.63, 3.8) is 0 Å². The van der Waals surface area contributed by atoms with Crippen molar-refractivity contribution in [3.8, 4) is 0 Å². The number of aromatic nitrogens is 4. The van der Waals surface area contributed by atoms with Gasteiger partial charge in [0.05, 0.1) is 18.3 Å². The molecule has 5 nitrogen and oxygen atoms in total. The van der Waals surface area contributed by atoms with Crippen LogP contribution in [-0.2, 0) is 24.2 Å². The summed E-state index contributed by atoms with van der Waals surface area (Å²) in [5, 5.41) is 4.56. The van der Waals surface area contributed by atoms with Gasteiger partial charge in [-0.15, -0.1) is 11.6 Å². The Morgan fingerprint density at radius 1 is 1.45 bits per heavy atom. The number of hydrogen-bond donors (Lipinski definition) is 0. The predicted octanol–water partition coefficient (Wildman–Crippen LogP) is 2.52. The molecule has 0 spiro atoms. The van der Waals surface area contributed by atoms with E-state index in [0.29, 0.717) is 12.0 Å². The Balaban J connectivity index is 2.06. The fourth-order valence-corrected chi connectivity index (χ4v) is 3.12. The van der Waals surface area contributed by atoms with Crippen molar-refractivity contribution < 1.29 is 4.74 Å². The van der Waals surface area contributed by atoms with E-state index in [-0.39, 0.29) is 0 Å². The van der Waals surface area contributed by atoms with Crippen LogP contribution in [0.2, 0.25) is 0 Å². The standard InChI is InChI=1S/C14H21ClN4O/c1-3-19-14-13(10(2)17-19)16-12(6-7-15)18(14)9-11-5-4-8-20-11/h11H,3-9H2,1-2H3. The van der Waals surface area contributed by atoms with Gasteiger partial charge in [-0.1, -0.05) is 0 Å². The molecule has 1 unspecified atom stereocenters. The highest BCUT2D eigenvalue weighted by Gasteiger charge is 2.22. The van der Waals surface area contributed by atoms with E-state index in [9.17, 15) is 0 Å². The lowest BCUT2D eigenvalue weighted by atomic mass is 10.2. The number of rotatable bonds is 5. The SMILES string of the molecule is CCn1nc(C)c2nc(CCCl)n(CC3CCCO3)c21. The quantitative estimate of drug-likeness (QED) is 0.797. The van der Waals surface area contributed by atoms with E-state index in [0.717, 1.165) is 61.6 Å². The summed E-state index contributed by atoms with van der Waals surface area (Å²) < 4.78 is 10.1. The first-order valence-electron chi connectivity index (χ1n) is 7.34. The van der Waals surface area contributed by atoms with Gasteiger partial charge in [0.25, 0.3) is 0 Å². The minimum Gasteiger partial charge on any atom is -0.376 e. The predicted molar refractivity (Wildman–Crippen MR) is 79.3 cm³/mol. The maximum absolute atomic E-state index is 5.93. The van der Waals surface area contributed by atoms with Crippen LogP contribution < -0.4 is 0 Å². The van der Waals surface area contributed by atoms with E-state index in [1.165, 1.54) is 0 Å². The number of nitrogens with zero attached hydrogens (tertiary/aromatic N) is 4. The second kappa shape index (κ2) is 5.74. The van der Waals surface area contributed by atoms with E-state index in [1.807, 2.05) is 11.6 Å². The molecule has 2 aromatic heterocycles. The zero-order valence-electron chi connectivity index (χ0n) is 12.1. The molecule has 1 aliphatic heterocycles. The summed E-state index contributed by atoms with van der Waals surface area (Å²) in [6.45, 7) is 6.70. The maximum atomic E-state index is 5.93. The molecule has 1 saturated heterocycles. The number of fused-ring (bicyclic) bond motifs is 1. The molecule has 6 heteroatoms. The maximum Gasteiger partial charge on any atom is 0.159 e. The van der Waals surface area contributed by atoms with Crippen molar-refractivity contribution in [2.45, 2.75) is 52.3 Å². The summed E-state index contributed by atoms with van der Waals surface area (Å²) in [6.07, 6.45) is 3.35. The first kappa shape index (κ1) is 13.9. The molecule has 1 aliphatic rings. The van der Waals surface area contributed by atoms with Gasteiger partial charge in [-0.25, -0.2) is 9.67 Å². The van der Waals surface area contributed by atoms with E-state index >= 15 is 0 Å². The van der Waals surface area contributed by atoms with Crippen molar-refractivity contribution in [1.82, 2.24) is 19.3 Å². The van der Waals surface area contributed by atoms with Crippen LogP contribution in [0, 0.1) is 6.92 Å². The third kappa shape index (κ3) is 2.33. The summed E-state index contributed by atoms with van der Waals surface area (Å²) >= 11 is 5.93. The van der Waals surface area contributed by atoms with Crippen LogP contribution >= 0.6 is 11.6 Å². The molecular formula is C14H21ClN4O. The van der Waals surface area contributed by atoms with E-state index < -0.39 is 0 Å². The van der Waals surface area contributed by atoms with Crippen LogP contribution in [0.5, 0.6) is 0 Å². The van der Waals surface area contributed by atoms with Crippen molar-refractivity contribution in [1.29, 1.82) is 0 Å². The average Bonchev–Trinajstić information content (AvgIpc) is 3.12. The van der Waals surface area contributed by atoms with Gasteiger partial charge in [0.1, 0.15) is 11.3 Å². The zero-order valence-corrected chi connectivity index (χ0v) is 12.9. The van der Waals surface area contributed by atoms with Gasteiger partial charge in [-0.05, 0) is 26.7 Å². The van der Waals surface area contributed by atoms with Crippen LogP contribution in [0.25, 0.3) is 11.2 Å². The third-order valence-corrected chi connectivity index (χ3v) is 4.09. The molecule has 0 aromatic carbocycles. The second-order valence-electron chi connectivity index (χ2n) is 5.29. The molecule has 0 saturated carbocycles. The van der Waals surface area contributed by atoms with E-state index in [2.05, 4.69) is 16.6 Å². The van der Waals surface area contributed by atoms with Crippen molar-refractivity contribution in [2.24, 2.45) is 0 Å². The van der Waals surface area contributed by atoms with Crippen LogP contribution in [0.4, 0.5) is 0 Å². The molecule has 1 fully saturated rings. The van der Waals surface area contributed by atoms with Gasteiger partial charge in [0.2, 0.25) is 0 Å². The van der Waals surface area contributed by atoms with Gasteiger partial charge in [0, 0.05) is 25.5 Å². The summed E-state index contributed by atoms with van der Waals surface area (Å²) in [6, 6.07) is 0. The number of hydrogen-bond acceptors (Lipinski definition) is 3. The Bertz CT molecular complexity index is 598. The van der Waals surface area contributed by atoms with Crippen LogP contribution in [-0.4, -0.2) is 37.9 Å². The highest BCUT2D eigenvalue weighted by molar-refractivity contribution is 6.17. The Morgan fingerprint density at radius 2 is 2.30 bits per heavy atom. The van der Waals surface area contributed by atoms with Gasteiger partial charge in [-0.3, -0.25) is 0 Å². The molecule has 3 rings (SSSR count). The van der Waals surface area contributed by atoms with Crippen LogP contribution in [0.15, 0.2) is 0 Å². The van der Waals surface area contributed by atoms with Gasteiger partial charge >= 0.3 is 0 Å². The highest BCUT2D eigenvalue weighted by atomic mass is 35.5. The third-order valence-electron chi connectivity index (χ3n) is 3.91. The van der Waals surface area contributed by atoms with E-state index in [4.69, 9.17) is 21.3 Å². The van der Waals surface area contributed by atoms with Gasteiger partial charge in [-0.2, -0.15) is 5.10 Å². The summed E-state index contributed by atoms with van der Waals surface area (Å²) in [4.78, 5) is 4.75. The highest BCUT2D eigenvalue weighted by Crippen LogP contribution is 2.23.